The van der Waals surface area contributed by atoms with Gasteiger partial charge in [-0.1, -0.05) is 13.8 Å². The van der Waals surface area contributed by atoms with Gasteiger partial charge < -0.3 is 15.1 Å². The summed E-state index contributed by atoms with van der Waals surface area (Å²) in [6.45, 7) is 9.56. The second-order valence-corrected chi connectivity index (χ2v) is 4.95. The highest BCUT2D eigenvalue weighted by Crippen LogP contribution is 2.08. The van der Waals surface area contributed by atoms with Crippen LogP contribution in [0.5, 0.6) is 0 Å². The van der Waals surface area contributed by atoms with E-state index in [1.165, 1.54) is 0 Å². The first-order valence-corrected chi connectivity index (χ1v) is 7.32. The molecule has 0 aliphatic carbocycles. The van der Waals surface area contributed by atoms with Crippen molar-refractivity contribution < 1.29 is 4.79 Å². The molecule has 1 saturated heterocycles. The lowest BCUT2D eigenvalue weighted by Gasteiger charge is -2.33. The van der Waals surface area contributed by atoms with Crippen molar-refractivity contribution >= 4 is 11.9 Å². The summed E-state index contributed by atoms with van der Waals surface area (Å²) in [5.41, 5.74) is 0.567. The Morgan fingerprint density at radius 1 is 1.20 bits per heavy atom. The zero-order chi connectivity index (χ0) is 14.4. The molecule has 6 heteroatoms. The van der Waals surface area contributed by atoms with Gasteiger partial charge in [0.1, 0.15) is 0 Å². The summed E-state index contributed by atoms with van der Waals surface area (Å²) >= 11 is 0. The smallest absolute Gasteiger partial charge is 0.257 e. The lowest BCUT2D eigenvalue weighted by molar-refractivity contribution is 0.0642. The van der Waals surface area contributed by atoms with Crippen LogP contribution in [0.4, 0.5) is 5.95 Å². The maximum Gasteiger partial charge on any atom is 0.257 e. The van der Waals surface area contributed by atoms with E-state index in [1.54, 1.807) is 12.4 Å². The van der Waals surface area contributed by atoms with Crippen LogP contribution < -0.4 is 5.32 Å². The molecule has 1 aliphatic heterocycles. The van der Waals surface area contributed by atoms with Crippen LogP contribution in [0.25, 0.3) is 0 Å². The van der Waals surface area contributed by atoms with Crippen LogP contribution >= 0.6 is 0 Å². The number of amides is 1. The molecule has 0 aromatic carbocycles. The number of anilines is 1. The monoisotopic (exact) mass is 277 g/mol. The fraction of sp³-hybridized carbons (Fsp3) is 0.643. The second kappa shape index (κ2) is 7.19. The van der Waals surface area contributed by atoms with Crippen LogP contribution in [0.1, 0.15) is 30.6 Å². The number of nitrogens with one attached hydrogen (secondary N) is 1. The third kappa shape index (κ3) is 3.66. The SMILES string of the molecule is CCCNc1ncc(C(=O)N2CCN(CC)CC2)cn1. The lowest BCUT2D eigenvalue weighted by atomic mass is 10.2. The largest absolute Gasteiger partial charge is 0.354 e. The Morgan fingerprint density at radius 2 is 1.85 bits per heavy atom. The van der Waals surface area contributed by atoms with Crippen LogP contribution in [0, 0.1) is 0 Å². The minimum atomic E-state index is 0.0304. The molecule has 0 spiro atoms. The van der Waals surface area contributed by atoms with Gasteiger partial charge in [-0.25, -0.2) is 9.97 Å². The van der Waals surface area contributed by atoms with Crippen molar-refractivity contribution in [3.05, 3.63) is 18.0 Å². The van der Waals surface area contributed by atoms with Gasteiger partial charge in [-0.2, -0.15) is 0 Å². The fourth-order valence-electron chi connectivity index (χ4n) is 2.22. The molecule has 0 radical (unpaired) electrons. The van der Waals surface area contributed by atoms with E-state index < -0.39 is 0 Å². The van der Waals surface area contributed by atoms with E-state index in [0.717, 1.165) is 45.7 Å². The van der Waals surface area contributed by atoms with Crippen molar-refractivity contribution in [1.29, 1.82) is 0 Å². The molecule has 0 unspecified atom stereocenters. The van der Waals surface area contributed by atoms with E-state index in [2.05, 4.69) is 34.0 Å². The summed E-state index contributed by atoms with van der Waals surface area (Å²) < 4.78 is 0. The number of piperazine rings is 1. The van der Waals surface area contributed by atoms with E-state index in [4.69, 9.17) is 0 Å². The zero-order valence-corrected chi connectivity index (χ0v) is 12.3. The Hall–Kier alpha value is -1.69. The highest BCUT2D eigenvalue weighted by atomic mass is 16.2. The number of carbonyl (C=O) groups is 1. The van der Waals surface area contributed by atoms with Gasteiger partial charge >= 0.3 is 0 Å². The normalized spacial score (nSPS) is 16.2. The number of aromatic nitrogens is 2. The van der Waals surface area contributed by atoms with Crippen molar-refractivity contribution in [2.75, 3.05) is 44.6 Å². The molecule has 1 fully saturated rings. The number of carbonyl (C=O) groups excluding carboxylic acids is 1. The number of nitrogens with zero attached hydrogens (tertiary/aromatic N) is 4. The molecule has 1 aromatic heterocycles. The van der Waals surface area contributed by atoms with Crippen LogP contribution in [-0.2, 0) is 0 Å². The van der Waals surface area contributed by atoms with E-state index in [9.17, 15) is 4.79 Å². The molecule has 1 aromatic rings. The predicted octanol–water partition coefficient (Wildman–Crippen LogP) is 1.08. The van der Waals surface area contributed by atoms with Crippen molar-refractivity contribution in [3.8, 4) is 0 Å². The van der Waals surface area contributed by atoms with Crippen molar-refractivity contribution in [1.82, 2.24) is 19.8 Å². The molecule has 2 rings (SSSR count). The molecule has 6 nitrogen and oxygen atoms in total. The summed E-state index contributed by atoms with van der Waals surface area (Å²) in [4.78, 5) is 24.9. The molecule has 0 atom stereocenters. The minimum Gasteiger partial charge on any atom is -0.354 e. The number of rotatable bonds is 5. The molecule has 1 aliphatic rings. The Labute approximate surface area is 120 Å². The highest BCUT2D eigenvalue weighted by molar-refractivity contribution is 5.93. The average molecular weight is 277 g/mol. The van der Waals surface area contributed by atoms with Gasteiger partial charge in [-0.3, -0.25) is 4.79 Å². The number of likely N-dealkylation sites (N-methyl/N-ethyl adjacent to an activating group) is 1. The molecule has 2 heterocycles. The van der Waals surface area contributed by atoms with Crippen molar-refractivity contribution in [2.45, 2.75) is 20.3 Å². The van der Waals surface area contributed by atoms with E-state index in [1.807, 2.05) is 4.90 Å². The number of hydrogen-bond acceptors (Lipinski definition) is 5. The van der Waals surface area contributed by atoms with Crippen LogP contribution in [0.2, 0.25) is 0 Å². The average Bonchev–Trinajstić information content (AvgIpc) is 2.53. The topological polar surface area (TPSA) is 61.4 Å². The zero-order valence-electron chi connectivity index (χ0n) is 12.3. The van der Waals surface area contributed by atoms with Crippen molar-refractivity contribution in [2.24, 2.45) is 0 Å². The minimum absolute atomic E-state index is 0.0304. The maximum atomic E-state index is 12.3. The standard InChI is InChI=1S/C14H23N5O/c1-3-5-15-14-16-10-12(11-17-14)13(20)19-8-6-18(4-2)7-9-19/h10-11H,3-9H2,1-2H3,(H,15,16,17). The first kappa shape index (κ1) is 14.7. The second-order valence-electron chi connectivity index (χ2n) is 4.95. The molecule has 110 valence electrons. The van der Waals surface area contributed by atoms with E-state index in [-0.39, 0.29) is 5.91 Å². The summed E-state index contributed by atoms with van der Waals surface area (Å²) in [5.74, 6) is 0.613. The van der Waals surface area contributed by atoms with E-state index >= 15 is 0 Å². The molecule has 0 bridgehead atoms. The Morgan fingerprint density at radius 3 is 2.40 bits per heavy atom. The highest BCUT2D eigenvalue weighted by Gasteiger charge is 2.21. The van der Waals surface area contributed by atoms with Gasteiger partial charge in [0.15, 0.2) is 0 Å². The quantitative estimate of drug-likeness (QED) is 0.872. The van der Waals surface area contributed by atoms with Gasteiger partial charge in [-0.05, 0) is 13.0 Å². The summed E-state index contributed by atoms with van der Waals surface area (Å²) in [6, 6.07) is 0. The Balaban J connectivity index is 1.92. The summed E-state index contributed by atoms with van der Waals surface area (Å²) in [7, 11) is 0. The fourth-order valence-corrected chi connectivity index (χ4v) is 2.22. The first-order valence-electron chi connectivity index (χ1n) is 7.32. The van der Waals surface area contributed by atoms with Crippen molar-refractivity contribution in [3.63, 3.8) is 0 Å². The molecular formula is C14H23N5O. The third-order valence-electron chi connectivity index (χ3n) is 3.54. The lowest BCUT2D eigenvalue weighted by Crippen LogP contribution is -2.48. The molecular weight excluding hydrogens is 254 g/mol. The molecule has 1 N–H and O–H groups in total. The molecule has 0 saturated carbocycles. The number of hydrogen-bond donors (Lipinski definition) is 1. The van der Waals surface area contributed by atoms with Crippen LogP contribution in [0.15, 0.2) is 12.4 Å². The van der Waals surface area contributed by atoms with Gasteiger partial charge in [0.05, 0.1) is 5.56 Å². The summed E-state index contributed by atoms with van der Waals surface area (Å²) in [5, 5.41) is 3.10. The van der Waals surface area contributed by atoms with Gasteiger partial charge in [0.25, 0.3) is 5.91 Å². The van der Waals surface area contributed by atoms with Crippen LogP contribution in [-0.4, -0.2) is 64.9 Å². The van der Waals surface area contributed by atoms with Crippen LogP contribution in [0.3, 0.4) is 0 Å². The molecule has 20 heavy (non-hydrogen) atoms. The van der Waals surface area contributed by atoms with Gasteiger partial charge in [0, 0.05) is 45.1 Å². The summed E-state index contributed by atoms with van der Waals surface area (Å²) in [6.07, 6.45) is 4.24. The molecule has 1 amide bonds. The Bertz CT molecular complexity index is 426. The Kier molecular flexibility index (Phi) is 5.29. The maximum absolute atomic E-state index is 12.3. The van der Waals surface area contributed by atoms with Gasteiger partial charge in [-0.15, -0.1) is 0 Å². The van der Waals surface area contributed by atoms with E-state index in [0.29, 0.717) is 11.5 Å². The first-order chi connectivity index (χ1) is 9.74. The van der Waals surface area contributed by atoms with Gasteiger partial charge in [0.2, 0.25) is 5.95 Å². The predicted molar refractivity (Wildman–Crippen MR) is 78.8 cm³/mol. The third-order valence-corrected chi connectivity index (χ3v) is 3.54.